The number of carbonyl (C=O) groups is 1. The van der Waals surface area contributed by atoms with E-state index < -0.39 is 0 Å². The second-order valence-corrected chi connectivity index (χ2v) is 4.87. The summed E-state index contributed by atoms with van der Waals surface area (Å²) in [7, 11) is 0. The van der Waals surface area contributed by atoms with E-state index >= 15 is 0 Å². The third-order valence-electron chi connectivity index (χ3n) is 2.28. The van der Waals surface area contributed by atoms with Gasteiger partial charge in [-0.1, -0.05) is 19.8 Å². The second-order valence-electron chi connectivity index (χ2n) is 3.67. The van der Waals surface area contributed by atoms with Gasteiger partial charge in [0.15, 0.2) is 5.13 Å². The number of anilines is 1. The molecule has 1 rings (SSSR count). The lowest BCUT2D eigenvalue weighted by atomic mass is 10.2. The van der Waals surface area contributed by atoms with E-state index in [0.717, 1.165) is 30.1 Å². The standard InChI is InChI=1S/C11H18N2OS/c1-4-5-6-7-10(14)13-11-12-8(2)9(3)15-11/h4-7H2,1-3H3,(H,12,13,14). The molecule has 0 radical (unpaired) electrons. The Morgan fingerprint density at radius 2 is 2.13 bits per heavy atom. The van der Waals surface area contributed by atoms with Crippen LogP contribution in [0, 0.1) is 13.8 Å². The highest BCUT2D eigenvalue weighted by atomic mass is 32.1. The fraction of sp³-hybridized carbons (Fsp3) is 0.636. The minimum Gasteiger partial charge on any atom is -0.302 e. The van der Waals surface area contributed by atoms with Crippen molar-refractivity contribution in [2.45, 2.75) is 46.5 Å². The quantitative estimate of drug-likeness (QED) is 0.783. The van der Waals surface area contributed by atoms with Crippen LogP contribution >= 0.6 is 11.3 Å². The van der Waals surface area contributed by atoms with Crippen molar-refractivity contribution in [3.63, 3.8) is 0 Å². The summed E-state index contributed by atoms with van der Waals surface area (Å²) >= 11 is 1.54. The summed E-state index contributed by atoms with van der Waals surface area (Å²) < 4.78 is 0. The maximum atomic E-state index is 11.5. The predicted octanol–water partition coefficient (Wildman–Crippen LogP) is 3.28. The van der Waals surface area contributed by atoms with Crippen molar-refractivity contribution < 1.29 is 4.79 Å². The fourth-order valence-corrected chi connectivity index (χ4v) is 2.07. The molecule has 1 N–H and O–H groups in total. The number of aryl methyl sites for hydroxylation is 2. The van der Waals surface area contributed by atoms with Crippen LogP contribution < -0.4 is 5.32 Å². The molecule has 0 aliphatic heterocycles. The lowest BCUT2D eigenvalue weighted by Crippen LogP contribution is -2.10. The van der Waals surface area contributed by atoms with Crippen molar-refractivity contribution in [3.8, 4) is 0 Å². The van der Waals surface area contributed by atoms with E-state index in [2.05, 4.69) is 17.2 Å². The van der Waals surface area contributed by atoms with Gasteiger partial charge in [-0.2, -0.15) is 0 Å². The Kier molecular flexibility index (Phi) is 4.75. The molecule has 1 aromatic heterocycles. The van der Waals surface area contributed by atoms with Crippen LogP contribution in [0.25, 0.3) is 0 Å². The monoisotopic (exact) mass is 226 g/mol. The molecule has 0 atom stereocenters. The van der Waals surface area contributed by atoms with Crippen molar-refractivity contribution in [1.29, 1.82) is 0 Å². The molecular formula is C11H18N2OS. The summed E-state index contributed by atoms with van der Waals surface area (Å²) in [6.07, 6.45) is 3.82. The molecule has 4 heteroatoms. The number of nitrogens with zero attached hydrogens (tertiary/aromatic N) is 1. The van der Waals surface area contributed by atoms with Crippen LogP contribution in [0.3, 0.4) is 0 Å². The molecule has 0 fully saturated rings. The molecule has 0 saturated carbocycles. The summed E-state index contributed by atoms with van der Waals surface area (Å²) in [4.78, 5) is 16.9. The number of hydrogen-bond acceptors (Lipinski definition) is 3. The first-order valence-corrected chi connectivity index (χ1v) is 6.19. The van der Waals surface area contributed by atoms with E-state index in [1.165, 1.54) is 16.2 Å². The smallest absolute Gasteiger partial charge is 0.226 e. The molecule has 0 unspecified atom stereocenters. The van der Waals surface area contributed by atoms with Crippen molar-refractivity contribution in [2.24, 2.45) is 0 Å². The number of rotatable bonds is 5. The minimum atomic E-state index is 0.0807. The molecule has 0 spiro atoms. The Bertz CT molecular complexity index is 314. The molecule has 0 saturated heterocycles. The van der Waals surface area contributed by atoms with E-state index in [0.29, 0.717) is 6.42 Å². The van der Waals surface area contributed by atoms with Crippen LogP contribution in [0.2, 0.25) is 0 Å². The van der Waals surface area contributed by atoms with E-state index in [-0.39, 0.29) is 5.91 Å². The zero-order chi connectivity index (χ0) is 11.3. The Morgan fingerprint density at radius 1 is 1.40 bits per heavy atom. The van der Waals surface area contributed by atoms with Crippen LogP contribution in [0.15, 0.2) is 0 Å². The number of thiazole rings is 1. The SMILES string of the molecule is CCCCCC(=O)Nc1nc(C)c(C)s1. The van der Waals surface area contributed by atoms with Gasteiger partial charge in [-0.05, 0) is 20.3 Å². The van der Waals surface area contributed by atoms with Crippen molar-refractivity contribution in [1.82, 2.24) is 4.98 Å². The zero-order valence-corrected chi connectivity index (χ0v) is 10.4. The summed E-state index contributed by atoms with van der Waals surface area (Å²) in [5, 5.41) is 3.56. The van der Waals surface area contributed by atoms with Gasteiger partial charge in [0.1, 0.15) is 0 Å². The highest BCUT2D eigenvalue weighted by Gasteiger charge is 2.06. The van der Waals surface area contributed by atoms with Gasteiger partial charge < -0.3 is 5.32 Å². The van der Waals surface area contributed by atoms with E-state index in [9.17, 15) is 4.79 Å². The first-order valence-electron chi connectivity index (χ1n) is 5.37. The van der Waals surface area contributed by atoms with E-state index in [4.69, 9.17) is 0 Å². The molecule has 1 aromatic rings. The first-order chi connectivity index (χ1) is 7.13. The van der Waals surface area contributed by atoms with Crippen LogP contribution in [0.1, 0.15) is 43.2 Å². The molecule has 1 heterocycles. The molecule has 3 nitrogen and oxygen atoms in total. The summed E-state index contributed by atoms with van der Waals surface area (Å²) in [6, 6.07) is 0. The predicted molar refractivity (Wildman–Crippen MR) is 64.4 cm³/mol. The second kappa shape index (κ2) is 5.85. The number of amides is 1. The Balaban J connectivity index is 2.37. The number of nitrogens with one attached hydrogen (secondary N) is 1. The van der Waals surface area contributed by atoms with Crippen LogP contribution in [0.5, 0.6) is 0 Å². The normalized spacial score (nSPS) is 10.3. The van der Waals surface area contributed by atoms with Gasteiger partial charge in [-0.3, -0.25) is 4.79 Å². The van der Waals surface area contributed by atoms with Gasteiger partial charge >= 0.3 is 0 Å². The highest BCUT2D eigenvalue weighted by Crippen LogP contribution is 2.21. The molecule has 0 aliphatic carbocycles. The molecule has 0 aromatic carbocycles. The topological polar surface area (TPSA) is 42.0 Å². The average Bonchev–Trinajstić information content (AvgIpc) is 2.46. The summed E-state index contributed by atoms with van der Waals surface area (Å²) in [5.41, 5.74) is 1.00. The Morgan fingerprint density at radius 3 is 2.67 bits per heavy atom. The third kappa shape index (κ3) is 4.00. The van der Waals surface area contributed by atoms with Crippen molar-refractivity contribution in [3.05, 3.63) is 10.6 Å². The molecule has 0 bridgehead atoms. The number of hydrogen-bond donors (Lipinski definition) is 1. The lowest BCUT2D eigenvalue weighted by molar-refractivity contribution is -0.116. The first kappa shape index (κ1) is 12.2. The van der Waals surface area contributed by atoms with Gasteiger partial charge in [-0.15, -0.1) is 11.3 Å². The minimum absolute atomic E-state index is 0.0807. The molecule has 1 amide bonds. The Hall–Kier alpha value is -0.900. The van der Waals surface area contributed by atoms with Gasteiger partial charge in [0.05, 0.1) is 5.69 Å². The molecule has 0 aliphatic rings. The van der Waals surface area contributed by atoms with Gasteiger partial charge in [0, 0.05) is 11.3 Å². The lowest BCUT2D eigenvalue weighted by Gasteiger charge is -2.00. The average molecular weight is 226 g/mol. The van der Waals surface area contributed by atoms with Crippen LogP contribution in [-0.4, -0.2) is 10.9 Å². The maximum Gasteiger partial charge on any atom is 0.226 e. The summed E-state index contributed by atoms with van der Waals surface area (Å²) in [6.45, 7) is 6.10. The Labute approximate surface area is 94.9 Å². The molecule has 84 valence electrons. The van der Waals surface area contributed by atoms with Gasteiger partial charge in [-0.25, -0.2) is 4.98 Å². The third-order valence-corrected chi connectivity index (χ3v) is 3.27. The highest BCUT2D eigenvalue weighted by molar-refractivity contribution is 7.15. The number of carbonyl (C=O) groups excluding carboxylic acids is 1. The fourth-order valence-electron chi connectivity index (χ4n) is 1.24. The van der Waals surface area contributed by atoms with E-state index in [1.54, 1.807) is 0 Å². The molecular weight excluding hydrogens is 208 g/mol. The van der Waals surface area contributed by atoms with Gasteiger partial charge in [0.25, 0.3) is 0 Å². The van der Waals surface area contributed by atoms with E-state index in [1.807, 2.05) is 13.8 Å². The zero-order valence-electron chi connectivity index (χ0n) is 9.59. The largest absolute Gasteiger partial charge is 0.302 e. The number of aromatic nitrogens is 1. The molecule has 15 heavy (non-hydrogen) atoms. The van der Waals surface area contributed by atoms with Gasteiger partial charge in [0.2, 0.25) is 5.91 Å². The van der Waals surface area contributed by atoms with Crippen molar-refractivity contribution >= 4 is 22.4 Å². The number of unbranched alkanes of at least 4 members (excludes halogenated alkanes) is 2. The van der Waals surface area contributed by atoms with Crippen LogP contribution in [-0.2, 0) is 4.79 Å². The van der Waals surface area contributed by atoms with Crippen molar-refractivity contribution in [2.75, 3.05) is 5.32 Å². The van der Waals surface area contributed by atoms with Crippen LogP contribution in [0.4, 0.5) is 5.13 Å². The summed E-state index contributed by atoms with van der Waals surface area (Å²) in [5.74, 6) is 0.0807. The maximum absolute atomic E-state index is 11.5.